The van der Waals surface area contributed by atoms with Crippen LogP contribution in [0.3, 0.4) is 0 Å². The smallest absolute Gasteiger partial charge is 0.281 e. The van der Waals surface area contributed by atoms with Crippen LogP contribution in [0.15, 0.2) is 30.3 Å². The van der Waals surface area contributed by atoms with E-state index in [1.165, 1.54) is 5.56 Å². The number of rotatable bonds is 6. The second kappa shape index (κ2) is 7.95. The largest absolute Gasteiger partial charge is 0.393 e. The number of hydrogen-bond acceptors (Lipinski definition) is 3. The molecule has 1 atom stereocenters. The molecule has 2 aliphatic heterocycles. The molecule has 1 aromatic rings. The van der Waals surface area contributed by atoms with Crippen molar-refractivity contribution in [2.45, 2.75) is 44.6 Å². The Balaban J connectivity index is 1.47. The summed E-state index contributed by atoms with van der Waals surface area (Å²) in [4.78, 5) is 0. The fourth-order valence-corrected chi connectivity index (χ4v) is 5.49. The monoisotopic (exact) mass is 352 g/mol. The Bertz CT molecular complexity index is 606. The second-order valence-electron chi connectivity index (χ2n) is 6.94. The Hall–Kier alpha value is -0.950. The third-order valence-corrected chi connectivity index (χ3v) is 7.37. The van der Waals surface area contributed by atoms with Crippen LogP contribution in [0, 0.1) is 5.92 Å². The number of aliphatic hydroxyl groups is 1. The van der Waals surface area contributed by atoms with E-state index < -0.39 is 10.2 Å². The molecule has 5 nitrogen and oxygen atoms in total. The number of hydrogen-bond donors (Lipinski definition) is 1. The summed E-state index contributed by atoms with van der Waals surface area (Å²) in [5.41, 5.74) is 1.24. The number of aliphatic hydroxyl groups excluding tert-OH is 1. The lowest BCUT2D eigenvalue weighted by Gasteiger charge is -2.35. The maximum Gasteiger partial charge on any atom is 0.281 e. The van der Waals surface area contributed by atoms with Crippen LogP contribution in [0.25, 0.3) is 0 Å². The lowest BCUT2D eigenvalue weighted by Crippen LogP contribution is -2.47. The van der Waals surface area contributed by atoms with Crippen molar-refractivity contribution in [3.05, 3.63) is 35.9 Å². The van der Waals surface area contributed by atoms with Gasteiger partial charge in [0.1, 0.15) is 0 Å². The summed E-state index contributed by atoms with van der Waals surface area (Å²) < 4.78 is 28.3. The molecule has 2 aliphatic rings. The van der Waals surface area contributed by atoms with Crippen molar-refractivity contribution >= 4 is 10.2 Å². The van der Waals surface area contributed by atoms with Crippen molar-refractivity contribution < 1.29 is 13.5 Å². The van der Waals surface area contributed by atoms with E-state index in [4.69, 9.17) is 0 Å². The summed E-state index contributed by atoms with van der Waals surface area (Å²) >= 11 is 0. The third kappa shape index (κ3) is 4.17. The van der Waals surface area contributed by atoms with E-state index in [9.17, 15) is 13.5 Å². The Labute approximate surface area is 145 Å². The molecule has 1 N–H and O–H groups in total. The Morgan fingerprint density at radius 2 is 1.58 bits per heavy atom. The highest BCUT2D eigenvalue weighted by Gasteiger charge is 2.35. The predicted molar refractivity (Wildman–Crippen MR) is 94.8 cm³/mol. The van der Waals surface area contributed by atoms with Gasteiger partial charge in [-0.1, -0.05) is 30.3 Å². The fourth-order valence-electron chi connectivity index (χ4n) is 3.77. The molecule has 0 spiro atoms. The van der Waals surface area contributed by atoms with Gasteiger partial charge < -0.3 is 5.11 Å². The van der Waals surface area contributed by atoms with E-state index in [0.717, 1.165) is 38.5 Å². The molecular weight excluding hydrogens is 324 g/mol. The molecule has 2 heterocycles. The average molecular weight is 353 g/mol. The lowest BCUT2D eigenvalue weighted by atomic mass is 9.89. The van der Waals surface area contributed by atoms with Crippen molar-refractivity contribution in [3.63, 3.8) is 0 Å². The van der Waals surface area contributed by atoms with Crippen LogP contribution in [-0.4, -0.2) is 54.4 Å². The minimum atomic E-state index is -3.28. The van der Waals surface area contributed by atoms with Crippen LogP contribution in [-0.2, 0) is 16.6 Å². The third-order valence-electron chi connectivity index (χ3n) is 5.33. The van der Waals surface area contributed by atoms with E-state index in [1.807, 2.05) is 18.2 Å². The first-order valence-electron chi connectivity index (χ1n) is 9.04. The standard InChI is InChI=1S/C18H28N2O3S/c21-18(9-8-16-6-2-1-3-7-16)17-10-14-20(15-11-17)24(22,23)19-12-4-5-13-19/h1-3,6-7,17-18,21H,4-5,8-15H2. The van der Waals surface area contributed by atoms with Gasteiger partial charge in [-0.3, -0.25) is 0 Å². The molecule has 0 radical (unpaired) electrons. The molecule has 24 heavy (non-hydrogen) atoms. The van der Waals surface area contributed by atoms with Gasteiger partial charge in [0.25, 0.3) is 10.2 Å². The summed E-state index contributed by atoms with van der Waals surface area (Å²) in [7, 11) is -3.28. The molecule has 0 amide bonds. The van der Waals surface area contributed by atoms with Crippen molar-refractivity contribution in [3.8, 4) is 0 Å². The van der Waals surface area contributed by atoms with Crippen LogP contribution in [0.4, 0.5) is 0 Å². The second-order valence-corrected chi connectivity index (χ2v) is 8.87. The minimum Gasteiger partial charge on any atom is -0.393 e. The molecule has 0 saturated carbocycles. The van der Waals surface area contributed by atoms with Gasteiger partial charge in [0, 0.05) is 26.2 Å². The summed E-state index contributed by atoms with van der Waals surface area (Å²) in [5.74, 6) is 0.207. The molecular formula is C18H28N2O3S. The highest BCUT2D eigenvalue weighted by Crippen LogP contribution is 2.27. The van der Waals surface area contributed by atoms with Crippen LogP contribution in [0.2, 0.25) is 0 Å². The van der Waals surface area contributed by atoms with Gasteiger partial charge >= 0.3 is 0 Å². The van der Waals surface area contributed by atoms with Crippen LogP contribution in [0.1, 0.15) is 37.7 Å². The maximum absolute atomic E-state index is 12.6. The van der Waals surface area contributed by atoms with E-state index >= 15 is 0 Å². The summed E-state index contributed by atoms with van der Waals surface area (Å²) in [6, 6.07) is 10.2. The van der Waals surface area contributed by atoms with Gasteiger partial charge in [-0.2, -0.15) is 17.0 Å². The van der Waals surface area contributed by atoms with Gasteiger partial charge in [-0.25, -0.2) is 0 Å². The van der Waals surface area contributed by atoms with E-state index in [0.29, 0.717) is 26.2 Å². The number of piperidine rings is 1. The first-order chi connectivity index (χ1) is 11.6. The normalized spacial score (nSPS) is 22.7. The predicted octanol–water partition coefficient (Wildman–Crippen LogP) is 2.03. The molecule has 1 aromatic carbocycles. The van der Waals surface area contributed by atoms with E-state index in [2.05, 4.69) is 12.1 Å². The number of nitrogens with zero attached hydrogens (tertiary/aromatic N) is 2. The van der Waals surface area contributed by atoms with Crippen LogP contribution < -0.4 is 0 Å². The zero-order valence-electron chi connectivity index (χ0n) is 14.2. The number of benzene rings is 1. The fraction of sp³-hybridized carbons (Fsp3) is 0.667. The van der Waals surface area contributed by atoms with Gasteiger partial charge in [0.05, 0.1) is 6.10 Å². The number of aryl methyl sites for hydroxylation is 1. The zero-order valence-corrected chi connectivity index (χ0v) is 15.0. The zero-order chi connectivity index (χ0) is 17.0. The molecule has 0 aromatic heterocycles. The molecule has 0 aliphatic carbocycles. The first-order valence-corrected chi connectivity index (χ1v) is 10.4. The molecule has 1 unspecified atom stereocenters. The summed E-state index contributed by atoms with van der Waals surface area (Å²) in [5, 5.41) is 10.5. The highest BCUT2D eigenvalue weighted by atomic mass is 32.2. The molecule has 6 heteroatoms. The maximum atomic E-state index is 12.6. The van der Waals surface area contributed by atoms with E-state index in [-0.39, 0.29) is 12.0 Å². The van der Waals surface area contributed by atoms with Crippen molar-refractivity contribution in [2.24, 2.45) is 5.92 Å². The molecule has 2 fully saturated rings. The van der Waals surface area contributed by atoms with Gasteiger partial charge in [-0.05, 0) is 50.0 Å². The topological polar surface area (TPSA) is 60.9 Å². The van der Waals surface area contributed by atoms with Crippen molar-refractivity contribution in [2.75, 3.05) is 26.2 Å². The Morgan fingerprint density at radius 3 is 2.21 bits per heavy atom. The summed E-state index contributed by atoms with van der Waals surface area (Å²) in [6.45, 7) is 2.38. The van der Waals surface area contributed by atoms with Crippen LogP contribution in [0.5, 0.6) is 0 Å². The van der Waals surface area contributed by atoms with Crippen molar-refractivity contribution in [1.82, 2.24) is 8.61 Å². The summed E-state index contributed by atoms with van der Waals surface area (Å²) in [6.07, 6.45) is 4.71. The average Bonchev–Trinajstić information content (AvgIpc) is 3.16. The van der Waals surface area contributed by atoms with Gasteiger partial charge in [0.15, 0.2) is 0 Å². The molecule has 3 rings (SSSR count). The van der Waals surface area contributed by atoms with Crippen molar-refractivity contribution in [1.29, 1.82) is 0 Å². The molecule has 0 bridgehead atoms. The quantitative estimate of drug-likeness (QED) is 0.852. The van der Waals surface area contributed by atoms with E-state index in [1.54, 1.807) is 8.61 Å². The first kappa shape index (κ1) is 17.9. The van der Waals surface area contributed by atoms with Gasteiger partial charge in [-0.15, -0.1) is 0 Å². The van der Waals surface area contributed by atoms with Crippen LogP contribution >= 0.6 is 0 Å². The highest BCUT2D eigenvalue weighted by molar-refractivity contribution is 7.86. The molecule has 134 valence electrons. The molecule has 2 saturated heterocycles. The SMILES string of the molecule is O=S(=O)(N1CCCC1)N1CCC(C(O)CCc2ccccc2)CC1. The van der Waals surface area contributed by atoms with Gasteiger partial charge in [0.2, 0.25) is 0 Å². The minimum absolute atomic E-state index is 0.207. The Morgan fingerprint density at radius 1 is 1.00 bits per heavy atom. The lowest BCUT2D eigenvalue weighted by molar-refractivity contribution is 0.0686. The Kier molecular flexibility index (Phi) is 5.92.